The normalized spacial score (nSPS) is 11.6. The molecule has 0 fully saturated rings. The molecule has 4 rings (SSSR count). The van der Waals surface area contributed by atoms with Crippen LogP contribution in [0.1, 0.15) is 0 Å². The fraction of sp³-hybridized carbons (Fsp3) is 0.263. The highest BCUT2D eigenvalue weighted by Crippen LogP contribution is 2.38. The second-order valence-corrected chi connectivity index (χ2v) is 8.64. The molecule has 0 saturated carbocycles. The summed E-state index contributed by atoms with van der Waals surface area (Å²) in [6, 6.07) is 10.2. The Labute approximate surface area is 171 Å². The van der Waals surface area contributed by atoms with E-state index in [9.17, 15) is 0 Å². The molecule has 0 saturated heterocycles. The summed E-state index contributed by atoms with van der Waals surface area (Å²) in [5.41, 5.74) is 9.59. The number of nitrogen functional groups attached to an aromatic ring is 1. The number of hydrogen-bond acceptors (Lipinski definition) is 8. The molecule has 0 aliphatic carbocycles. The number of nitrogens with two attached hydrogens (primary N) is 1. The average molecular weight is 412 g/mol. The lowest BCUT2D eigenvalue weighted by molar-refractivity contribution is 0.437. The van der Waals surface area contributed by atoms with Crippen LogP contribution < -0.4 is 5.73 Å². The van der Waals surface area contributed by atoms with Crippen LogP contribution in [0.15, 0.2) is 41.8 Å². The molecule has 9 heteroatoms. The predicted molar refractivity (Wildman–Crippen MR) is 117 cm³/mol. The molecule has 3 aromatic heterocycles. The Morgan fingerprint density at radius 3 is 2.64 bits per heavy atom. The number of thioether (sulfide) groups is 1. The number of hydrogen-bond donors (Lipinski definition) is 1. The fourth-order valence-electron chi connectivity index (χ4n) is 2.84. The van der Waals surface area contributed by atoms with Crippen molar-refractivity contribution in [2.75, 3.05) is 32.1 Å². The molecule has 0 bridgehead atoms. The van der Waals surface area contributed by atoms with E-state index in [0.717, 1.165) is 44.2 Å². The highest BCUT2D eigenvalue weighted by Gasteiger charge is 2.22. The number of rotatable bonds is 6. The van der Waals surface area contributed by atoms with Crippen molar-refractivity contribution in [3.63, 3.8) is 0 Å². The quantitative estimate of drug-likeness (QED) is 0.487. The average Bonchev–Trinajstić information content (AvgIpc) is 3.24. The summed E-state index contributed by atoms with van der Waals surface area (Å²) >= 11 is 3.25. The van der Waals surface area contributed by atoms with Gasteiger partial charge in [0.2, 0.25) is 0 Å². The van der Waals surface area contributed by atoms with Gasteiger partial charge < -0.3 is 15.2 Å². The summed E-state index contributed by atoms with van der Waals surface area (Å²) in [7, 11) is 6.19. The van der Waals surface area contributed by atoms with Gasteiger partial charge in [-0.05, 0) is 14.1 Å². The Morgan fingerprint density at radius 2 is 1.93 bits per heavy atom. The number of benzene rings is 1. The van der Waals surface area contributed by atoms with Crippen LogP contribution in [-0.2, 0) is 7.05 Å². The van der Waals surface area contributed by atoms with E-state index in [-0.39, 0.29) is 0 Å². The van der Waals surface area contributed by atoms with Crippen molar-refractivity contribution in [1.29, 1.82) is 0 Å². The second-order valence-electron chi connectivity index (χ2n) is 6.60. The van der Waals surface area contributed by atoms with Gasteiger partial charge in [-0.3, -0.25) is 0 Å². The molecule has 2 N–H and O–H groups in total. The first-order chi connectivity index (χ1) is 13.5. The zero-order chi connectivity index (χ0) is 19.7. The number of thiazole rings is 1. The van der Waals surface area contributed by atoms with Gasteiger partial charge in [0.1, 0.15) is 33.1 Å². The van der Waals surface area contributed by atoms with E-state index in [4.69, 9.17) is 15.7 Å². The zero-order valence-electron chi connectivity index (χ0n) is 16.0. The van der Waals surface area contributed by atoms with Crippen LogP contribution in [0.5, 0.6) is 0 Å². The first-order valence-electron chi connectivity index (χ1n) is 8.81. The molecule has 0 radical (unpaired) electrons. The molecule has 3 heterocycles. The fourth-order valence-corrected chi connectivity index (χ4v) is 4.92. The Balaban J connectivity index is 1.83. The maximum Gasteiger partial charge on any atom is 0.168 e. The minimum absolute atomic E-state index is 0.400. The Morgan fingerprint density at radius 1 is 1.14 bits per heavy atom. The van der Waals surface area contributed by atoms with Crippen LogP contribution in [0.25, 0.3) is 32.3 Å². The molecule has 0 aliphatic heterocycles. The Hall–Kier alpha value is -2.49. The van der Waals surface area contributed by atoms with Gasteiger partial charge >= 0.3 is 0 Å². The van der Waals surface area contributed by atoms with Crippen molar-refractivity contribution >= 4 is 39.3 Å². The molecule has 7 nitrogen and oxygen atoms in total. The van der Waals surface area contributed by atoms with E-state index in [1.807, 2.05) is 25.2 Å². The first kappa shape index (κ1) is 18.9. The molecule has 0 atom stereocenters. The molecule has 4 aromatic rings. The molecule has 0 spiro atoms. The number of imidazole rings is 1. The number of aromatic nitrogens is 5. The van der Waals surface area contributed by atoms with Crippen LogP contribution in [0, 0.1) is 0 Å². The van der Waals surface area contributed by atoms with Crippen molar-refractivity contribution in [2.24, 2.45) is 7.05 Å². The minimum Gasteiger partial charge on any atom is -0.382 e. The van der Waals surface area contributed by atoms with Crippen molar-refractivity contribution in [3.8, 4) is 22.0 Å². The van der Waals surface area contributed by atoms with Gasteiger partial charge in [-0.1, -0.05) is 53.4 Å². The van der Waals surface area contributed by atoms with Crippen LogP contribution in [0.2, 0.25) is 0 Å². The van der Waals surface area contributed by atoms with Gasteiger partial charge in [-0.2, -0.15) is 0 Å². The lowest BCUT2D eigenvalue weighted by Gasteiger charge is -2.08. The Kier molecular flexibility index (Phi) is 5.29. The third-order valence-electron chi connectivity index (χ3n) is 4.30. The highest BCUT2D eigenvalue weighted by molar-refractivity contribution is 7.99. The van der Waals surface area contributed by atoms with Gasteiger partial charge in [0.05, 0.1) is 0 Å². The molecule has 1 aromatic carbocycles. The maximum atomic E-state index is 6.00. The van der Waals surface area contributed by atoms with Crippen LogP contribution in [0.3, 0.4) is 0 Å². The molecule has 0 aliphatic rings. The molecular formula is C19H21N7S2. The van der Waals surface area contributed by atoms with Gasteiger partial charge in [-0.15, -0.1) is 0 Å². The van der Waals surface area contributed by atoms with Crippen molar-refractivity contribution in [3.05, 3.63) is 36.7 Å². The van der Waals surface area contributed by atoms with E-state index < -0.39 is 0 Å². The summed E-state index contributed by atoms with van der Waals surface area (Å²) in [4.78, 5) is 21.0. The summed E-state index contributed by atoms with van der Waals surface area (Å²) in [6.45, 7) is 0.987. The van der Waals surface area contributed by atoms with E-state index in [1.54, 1.807) is 11.8 Å². The smallest absolute Gasteiger partial charge is 0.168 e. The third-order valence-corrected chi connectivity index (χ3v) is 6.28. The molecule has 28 heavy (non-hydrogen) atoms. The van der Waals surface area contributed by atoms with Crippen molar-refractivity contribution in [1.82, 2.24) is 29.4 Å². The monoisotopic (exact) mass is 411 g/mol. The SMILES string of the molecule is CN(C)CCSc1nc(-c2ccccc2)c(-c2nc3c(N)ncnc3s2)n1C. The third kappa shape index (κ3) is 3.60. The lowest BCUT2D eigenvalue weighted by atomic mass is 10.1. The number of anilines is 1. The summed E-state index contributed by atoms with van der Waals surface area (Å²) < 4.78 is 2.12. The van der Waals surface area contributed by atoms with Gasteiger partial charge in [-0.25, -0.2) is 19.9 Å². The van der Waals surface area contributed by atoms with Crippen LogP contribution in [-0.4, -0.2) is 55.8 Å². The second kappa shape index (κ2) is 7.86. The minimum atomic E-state index is 0.400. The molecule has 0 unspecified atom stereocenters. The van der Waals surface area contributed by atoms with Crippen molar-refractivity contribution < 1.29 is 0 Å². The van der Waals surface area contributed by atoms with Crippen LogP contribution >= 0.6 is 23.1 Å². The van der Waals surface area contributed by atoms with Gasteiger partial charge in [0.25, 0.3) is 0 Å². The maximum absolute atomic E-state index is 6.00. The van der Waals surface area contributed by atoms with Crippen molar-refractivity contribution in [2.45, 2.75) is 5.16 Å². The number of fused-ring (bicyclic) bond motifs is 1. The summed E-state index contributed by atoms with van der Waals surface area (Å²) in [6.07, 6.45) is 1.48. The zero-order valence-corrected chi connectivity index (χ0v) is 17.6. The number of nitrogens with zero attached hydrogens (tertiary/aromatic N) is 6. The van der Waals surface area contributed by atoms with Gasteiger partial charge in [0, 0.05) is 24.9 Å². The standard InChI is InChI=1S/C19H21N7S2/c1-25(2)9-10-27-19-24-13(12-7-5-4-6-8-12)15(26(19)3)18-23-14-16(20)21-11-22-17(14)28-18/h4-8,11H,9-10H2,1-3H3,(H2,20,21,22). The largest absolute Gasteiger partial charge is 0.382 e. The topological polar surface area (TPSA) is 85.8 Å². The molecular weight excluding hydrogens is 390 g/mol. The lowest BCUT2D eigenvalue weighted by Crippen LogP contribution is -2.15. The van der Waals surface area contributed by atoms with Gasteiger partial charge in [0.15, 0.2) is 11.0 Å². The van der Waals surface area contributed by atoms with E-state index >= 15 is 0 Å². The Bertz CT molecular complexity index is 1100. The predicted octanol–water partition coefficient (Wildman–Crippen LogP) is 3.39. The molecule has 144 valence electrons. The first-order valence-corrected chi connectivity index (χ1v) is 10.6. The van der Waals surface area contributed by atoms with E-state index in [0.29, 0.717) is 11.3 Å². The summed E-state index contributed by atoms with van der Waals surface area (Å²) in [5.74, 6) is 1.36. The summed E-state index contributed by atoms with van der Waals surface area (Å²) in [5, 5.41) is 1.81. The van der Waals surface area contributed by atoms with E-state index in [1.165, 1.54) is 17.7 Å². The highest BCUT2D eigenvalue weighted by atomic mass is 32.2. The van der Waals surface area contributed by atoms with E-state index in [2.05, 4.69) is 45.7 Å². The molecule has 0 amide bonds. The van der Waals surface area contributed by atoms with Crippen LogP contribution in [0.4, 0.5) is 5.82 Å².